The van der Waals surface area contributed by atoms with Gasteiger partial charge in [0.2, 0.25) is 0 Å². The van der Waals surface area contributed by atoms with E-state index in [0.717, 1.165) is 5.56 Å². The van der Waals surface area contributed by atoms with Gasteiger partial charge >= 0.3 is 0 Å². The summed E-state index contributed by atoms with van der Waals surface area (Å²) in [6, 6.07) is 18.5. The highest BCUT2D eigenvalue weighted by Gasteiger charge is 2.12. The van der Waals surface area contributed by atoms with Gasteiger partial charge in [-0.15, -0.1) is 0 Å². The van der Waals surface area contributed by atoms with Crippen LogP contribution >= 0.6 is 0 Å². The second-order valence-electron chi connectivity index (χ2n) is 6.12. The fraction of sp³-hybridized carbons (Fsp3) is 0.136. The number of hydrogen-bond acceptors (Lipinski definition) is 6. The van der Waals surface area contributed by atoms with Crippen molar-refractivity contribution in [3.63, 3.8) is 0 Å². The van der Waals surface area contributed by atoms with Crippen molar-refractivity contribution in [2.45, 2.75) is 13.2 Å². The Morgan fingerprint density at radius 2 is 2.00 bits per heavy atom. The summed E-state index contributed by atoms with van der Waals surface area (Å²) < 4.78 is 5.26. The van der Waals surface area contributed by atoms with Gasteiger partial charge in [-0.2, -0.15) is 5.26 Å². The first-order chi connectivity index (χ1) is 14.2. The molecule has 0 spiro atoms. The van der Waals surface area contributed by atoms with Crippen molar-refractivity contribution < 1.29 is 14.4 Å². The smallest absolute Gasteiger partial charge is 0.277 e. The molecule has 1 aromatic heterocycles. The number of carbonyl (C=O) groups is 1. The third-order valence-corrected chi connectivity index (χ3v) is 4.20. The largest absolute Gasteiger partial charge is 0.496 e. The van der Waals surface area contributed by atoms with Crippen LogP contribution in [0, 0.1) is 11.3 Å². The van der Waals surface area contributed by atoms with E-state index in [1.54, 1.807) is 36.7 Å². The fourth-order valence-electron chi connectivity index (χ4n) is 2.69. The van der Waals surface area contributed by atoms with Crippen molar-refractivity contribution in [2.24, 2.45) is 0 Å². The van der Waals surface area contributed by atoms with E-state index in [1.807, 2.05) is 30.3 Å². The number of rotatable bonds is 8. The minimum absolute atomic E-state index is 0.0957. The lowest BCUT2D eigenvalue weighted by atomic mass is 10.1. The quantitative estimate of drug-likeness (QED) is 0.574. The normalized spacial score (nSPS) is 10.1. The third kappa shape index (κ3) is 5.31. The van der Waals surface area contributed by atoms with E-state index in [-0.39, 0.29) is 6.61 Å². The SMILES string of the molecule is COc1cc(C#N)ccc1CONC(=O)c1ccncc1NCc1ccccc1. The Morgan fingerprint density at radius 1 is 1.17 bits per heavy atom. The minimum Gasteiger partial charge on any atom is -0.496 e. The number of methoxy groups -OCH3 is 1. The molecule has 0 bridgehead atoms. The molecule has 2 aromatic carbocycles. The van der Waals surface area contributed by atoms with Crippen molar-refractivity contribution in [1.82, 2.24) is 10.5 Å². The van der Waals surface area contributed by atoms with Gasteiger partial charge in [0, 0.05) is 18.3 Å². The third-order valence-electron chi connectivity index (χ3n) is 4.20. The summed E-state index contributed by atoms with van der Waals surface area (Å²) in [6.07, 6.45) is 3.15. The first kappa shape index (κ1) is 19.9. The molecular weight excluding hydrogens is 368 g/mol. The number of aromatic nitrogens is 1. The van der Waals surface area contributed by atoms with Gasteiger partial charge in [-0.3, -0.25) is 14.6 Å². The molecule has 0 aliphatic carbocycles. The predicted octanol–water partition coefficient (Wildman–Crippen LogP) is 3.44. The molecule has 0 aliphatic rings. The van der Waals surface area contributed by atoms with Crippen molar-refractivity contribution in [2.75, 3.05) is 12.4 Å². The number of carbonyl (C=O) groups excluding carboxylic acids is 1. The summed E-state index contributed by atoms with van der Waals surface area (Å²) in [5, 5.41) is 12.2. The van der Waals surface area contributed by atoms with Crippen molar-refractivity contribution >= 4 is 11.6 Å². The van der Waals surface area contributed by atoms with Gasteiger partial charge in [0.1, 0.15) is 12.4 Å². The van der Waals surface area contributed by atoms with Gasteiger partial charge in [0.05, 0.1) is 36.2 Å². The number of nitrogens with zero attached hydrogens (tertiary/aromatic N) is 2. The number of hydrogen-bond donors (Lipinski definition) is 2. The maximum atomic E-state index is 12.5. The molecular formula is C22H20N4O3. The monoisotopic (exact) mass is 388 g/mol. The number of nitriles is 1. The van der Waals surface area contributed by atoms with Crippen molar-refractivity contribution in [1.29, 1.82) is 5.26 Å². The summed E-state index contributed by atoms with van der Waals surface area (Å²) in [5.74, 6) is 0.128. The number of nitrogens with one attached hydrogen (secondary N) is 2. The molecule has 7 heteroatoms. The Bertz CT molecular complexity index is 1020. The topological polar surface area (TPSA) is 96.3 Å². The Labute approximate surface area is 168 Å². The Hall–Kier alpha value is -3.89. The maximum absolute atomic E-state index is 12.5. The van der Waals surface area contributed by atoms with Crippen LogP contribution in [0.4, 0.5) is 5.69 Å². The second kappa shape index (κ2) is 9.88. The number of pyridine rings is 1. The molecule has 0 unspecified atom stereocenters. The van der Waals surface area contributed by atoms with E-state index in [2.05, 4.69) is 21.9 Å². The van der Waals surface area contributed by atoms with E-state index >= 15 is 0 Å². The summed E-state index contributed by atoms with van der Waals surface area (Å²) in [6.45, 7) is 0.661. The summed E-state index contributed by atoms with van der Waals surface area (Å²) in [4.78, 5) is 22.0. The average Bonchev–Trinajstić information content (AvgIpc) is 2.78. The molecule has 3 aromatic rings. The maximum Gasteiger partial charge on any atom is 0.277 e. The van der Waals surface area contributed by atoms with E-state index in [4.69, 9.17) is 14.8 Å². The van der Waals surface area contributed by atoms with Gasteiger partial charge in [0.25, 0.3) is 5.91 Å². The number of benzene rings is 2. The summed E-state index contributed by atoms with van der Waals surface area (Å²) in [7, 11) is 1.51. The number of ether oxygens (including phenoxy) is 1. The Kier molecular flexibility index (Phi) is 6.76. The van der Waals surface area contributed by atoms with Gasteiger partial charge in [0.15, 0.2) is 0 Å². The first-order valence-corrected chi connectivity index (χ1v) is 8.92. The van der Waals surface area contributed by atoms with Crippen LogP contribution in [-0.2, 0) is 18.0 Å². The highest BCUT2D eigenvalue weighted by molar-refractivity contribution is 5.98. The Morgan fingerprint density at radius 3 is 2.76 bits per heavy atom. The predicted molar refractivity (Wildman–Crippen MR) is 108 cm³/mol. The average molecular weight is 388 g/mol. The van der Waals surface area contributed by atoms with Crippen LogP contribution in [0.3, 0.4) is 0 Å². The van der Waals surface area contributed by atoms with Crippen LogP contribution < -0.4 is 15.5 Å². The zero-order valence-corrected chi connectivity index (χ0v) is 15.9. The first-order valence-electron chi connectivity index (χ1n) is 8.92. The van der Waals surface area contributed by atoms with Crippen molar-refractivity contribution in [3.8, 4) is 11.8 Å². The molecule has 0 atom stereocenters. The van der Waals surface area contributed by atoms with Crippen LogP contribution in [-0.4, -0.2) is 18.0 Å². The summed E-state index contributed by atoms with van der Waals surface area (Å²) in [5.41, 5.74) is 5.75. The summed E-state index contributed by atoms with van der Waals surface area (Å²) >= 11 is 0. The molecule has 2 N–H and O–H groups in total. The molecule has 0 saturated carbocycles. The molecule has 1 amide bonds. The zero-order valence-electron chi connectivity index (χ0n) is 15.9. The highest BCUT2D eigenvalue weighted by atomic mass is 16.7. The number of anilines is 1. The van der Waals surface area contributed by atoms with E-state index in [9.17, 15) is 4.79 Å². The minimum atomic E-state index is -0.393. The molecule has 0 radical (unpaired) electrons. The molecule has 3 rings (SSSR count). The lowest BCUT2D eigenvalue weighted by molar-refractivity contribution is 0.0227. The van der Waals surface area contributed by atoms with Crippen LogP contribution in [0.1, 0.15) is 27.0 Å². The molecule has 29 heavy (non-hydrogen) atoms. The van der Waals surface area contributed by atoms with E-state index in [0.29, 0.717) is 34.7 Å². The van der Waals surface area contributed by atoms with Crippen LogP contribution in [0.15, 0.2) is 67.0 Å². The molecule has 0 saturated heterocycles. The molecule has 1 heterocycles. The zero-order chi connectivity index (χ0) is 20.5. The van der Waals surface area contributed by atoms with Gasteiger partial charge in [-0.25, -0.2) is 5.48 Å². The van der Waals surface area contributed by atoms with Crippen LogP contribution in [0.5, 0.6) is 5.75 Å². The van der Waals surface area contributed by atoms with Gasteiger partial charge in [-0.1, -0.05) is 36.4 Å². The molecule has 7 nitrogen and oxygen atoms in total. The molecule has 0 fully saturated rings. The fourth-order valence-corrected chi connectivity index (χ4v) is 2.69. The number of hydroxylamine groups is 1. The van der Waals surface area contributed by atoms with Crippen LogP contribution in [0.25, 0.3) is 0 Å². The van der Waals surface area contributed by atoms with Crippen LogP contribution in [0.2, 0.25) is 0 Å². The highest BCUT2D eigenvalue weighted by Crippen LogP contribution is 2.21. The van der Waals surface area contributed by atoms with Gasteiger partial charge in [-0.05, 0) is 23.8 Å². The Balaban J connectivity index is 1.61. The lowest BCUT2D eigenvalue weighted by Gasteiger charge is -2.13. The number of amides is 1. The van der Waals surface area contributed by atoms with Gasteiger partial charge < -0.3 is 10.1 Å². The lowest BCUT2D eigenvalue weighted by Crippen LogP contribution is -2.24. The molecule has 0 aliphatic heterocycles. The molecule has 146 valence electrons. The van der Waals surface area contributed by atoms with E-state index in [1.165, 1.54) is 7.11 Å². The second-order valence-corrected chi connectivity index (χ2v) is 6.12. The standard InChI is InChI=1S/C22H20N4O3/c1-28-21-11-17(12-23)7-8-18(21)15-29-26-22(27)19-9-10-24-14-20(19)25-13-16-5-3-2-4-6-16/h2-11,14,25H,13,15H2,1H3,(H,26,27). The van der Waals surface area contributed by atoms with E-state index < -0.39 is 5.91 Å². The van der Waals surface area contributed by atoms with Crippen molar-refractivity contribution in [3.05, 3.63) is 89.2 Å².